The summed E-state index contributed by atoms with van der Waals surface area (Å²) in [5.41, 5.74) is 7.54. The molecule has 1 heterocycles. The molecule has 3 heteroatoms. The largest absolute Gasteiger partial charge is 0.497 e. The van der Waals surface area contributed by atoms with E-state index in [-0.39, 0.29) is 12.1 Å². The number of ether oxygens (including phenoxy) is 1. The molecular weight excluding hydrogens is 236 g/mol. The van der Waals surface area contributed by atoms with Gasteiger partial charge in [0.1, 0.15) is 5.75 Å². The minimum Gasteiger partial charge on any atom is -0.497 e. The van der Waals surface area contributed by atoms with Gasteiger partial charge in [-0.25, -0.2) is 0 Å². The first-order valence-electron chi connectivity index (χ1n) is 7.28. The molecular formula is C16H26N2O. The van der Waals surface area contributed by atoms with Gasteiger partial charge in [-0.15, -0.1) is 0 Å². The summed E-state index contributed by atoms with van der Waals surface area (Å²) in [6.07, 6.45) is 3.88. The van der Waals surface area contributed by atoms with Gasteiger partial charge >= 0.3 is 0 Å². The Kier molecular flexibility index (Phi) is 4.83. The topological polar surface area (TPSA) is 38.5 Å². The van der Waals surface area contributed by atoms with Gasteiger partial charge in [0.05, 0.1) is 13.2 Å². The van der Waals surface area contributed by atoms with Crippen LogP contribution < -0.4 is 10.5 Å². The van der Waals surface area contributed by atoms with Crippen LogP contribution in [0.4, 0.5) is 0 Å². The van der Waals surface area contributed by atoms with E-state index >= 15 is 0 Å². The van der Waals surface area contributed by atoms with Crippen LogP contribution in [0, 0.1) is 0 Å². The second kappa shape index (κ2) is 6.40. The molecule has 0 spiro atoms. The number of nitrogens with zero attached hydrogens (tertiary/aromatic N) is 1. The van der Waals surface area contributed by atoms with Gasteiger partial charge in [0.15, 0.2) is 0 Å². The zero-order valence-corrected chi connectivity index (χ0v) is 12.3. The molecule has 0 radical (unpaired) electrons. The Bertz CT molecular complexity index is 405. The smallest absolute Gasteiger partial charge is 0.119 e. The van der Waals surface area contributed by atoms with Crippen molar-refractivity contribution in [1.82, 2.24) is 4.90 Å². The highest BCUT2D eigenvalue weighted by Gasteiger charge is 2.29. The van der Waals surface area contributed by atoms with E-state index < -0.39 is 0 Å². The number of likely N-dealkylation sites (tertiary alicyclic amines) is 1. The van der Waals surface area contributed by atoms with E-state index in [0.29, 0.717) is 6.04 Å². The molecule has 1 fully saturated rings. The first-order chi connectivity index (χ1) is 9.13. The molecule has 1 aliphatic heterocycles. The fourth-order valence-electron chi connectivity index (χ4n) is 3.16. The van der Waals surface area contributed by atoms with Gasteiger partial charge in [0, 0.05) is 12.1 Å². The molecule has 0 saturated carbocycles. The first-order valence-corrected chi connectivity index (χ1v) is 7.28. The maximum atomic E-state index is 6.27. The van der Waals surface area contributed by atoms with Gasteiger partial charge in [0.25, 0.3) is 0 Å². The van der Waals surface area contributed by atoms with Crippen molar-refractivity contribution >= 4 is 0 Å². The summed E-state index contributed by atoms with van der Waals surface area (Å²) < 4.78 is 5.34. The molecule has 19 heavy (non-hydrogen) atoms. The highest BCUT2D eigenvalue weighted by atomic mass is 16.5. The third-order valence-electron chi connectivity index (χ3n) is 4.15. The summed E-state index contributed by atoms with van der Waals surface area (Å²) in [5, 5.41) is 0. The van der Waals surface area contributed by atoms with Crippen LogP contribution in [0.2, 0.25) is 0 Å². The second-order valence-corrected chi connectivity index (χ2v) is 5.66. The van der Waals surface area contributed by atoms with Crippen molar-refractivity contribution in [3.63, 3.8) is 0 Å². The van der Waals surface area contributed by atoms with Crippen molar-refractivity contribution in [2.45, 2.75) is 51.2 Å². The van der Waals surface area contributed by atoms with Crippen LogP contribution in [0.25, 0.3) is 0 Å². The molecule has 3 atom stereocenters. The molecule has 2 rings (SSSR count). The van der Waals surface area contributed by atoms with Crippen molar-refractivity contribution in [2.75, 3.05) is 13.7 Å². The molecule has 2 N–H and O–H groups in total. The summed E-state index contributed by atoms with van der Waals surface area (Å²) in [6.45, 7) is 5.56. The van der Waals surface area contributed by atoms with Crippen molar-refractivity contribution in [2.24, 2.45) is 5.73 Å². The number of nitrogens with two attached hydrogens (primary N) is 1. The highest BCUT2D eigenvalue weighted by Crippen LogP contribution is 2.31. The van der Waals surface area contributed by atoms with E-state index in [4.69, 9.17) is 10.5 Å². The molecule has 0 aliphatic carbocycles. The van der Waals surface area contributed by atoms with Crippen LogP contribution >= 0.6 is 0 Å². The van der Waals surface area contributed by atoms with Gasteiger partial charge in [-0.3, -0.25) is 4.90 Å². The molecule has 1 aromatic carbocycles. The van der Waals surface area contributed by atoms with Gasteiger partial charge in [-0.05, 0) is 50.9 Å². The van der Waals surface area contributed by atoms with Crippen molar-refractivity contribution < 1.29 is 4.74 Å². The Balaban J connectivity index is 2.28. The Morgan fingerprint density at radius 1 is 1.37 bits per heavy atom. The minimum atomic E-state index is 0.118. The number of rotatable bonds is 4. The summed E-state index contributed by atoms with van der Waals surface area (Å²) in [5.74, 6) is 0.910. The molecule has 106 valence electrons. The predicted molar refractivity (Wildman–Crippen MR) is 79.4 cm³/mol. The van der Waals surface area contributed by atoms with E-state index in [1.165, 1.54) is 24.8 Å². The lowest BCUT2D eigenvalue weighted by molar-refractivity contribution is 0.0922. The van der Waals surface area contributed by atoms with E-state index in [1.807, 2.05) is 6.07 Å². The van der Waals surface area contributed by atoms with Gasteiger partial charge in [-0.1, -0.05) is 18.6 Å². The summed E-state index contributed by atoms with van der Waals surface area (Å²) in [4.78, 5) is 2.56. The normalized spacial score (nSPS) is 23.9. The van der Waals surface area contributed by atoms with Crippen LogP contribution in [0.1, 0.15) is 44.7 Å². The number of piperidine rings is 1. The second-order valence-electron chi connectivity index (χ2n) is 5.66. The van der Waals surface area contributed by atoms with Gasteiger partial charge in [-0.2, -0.15) is 0 Å². The van der Waals surface area contributed by atoms with E-state index in [1.54, 1.807) is 7.11 Å². The van der Waals surface area contributed by atoms with Crippen LogP contribution in [-0.2, 0) is 0 Å². The number of benzene rings is 1. The highest BCUT2D eigenvalue weighted by molar-refractivity contribution is 5.31. The van der Waals surface area contributed by atoms with Crippen molar-refractivity contribution in [3.05, 3.63) is 29.8 Å². The maximum Gasteiger partial charge on any atom is 0.119 e. The molecule has 0 aromatic heterocycles. The lowest BCUT2D eigenvalue weighted by Gasteiger charge is -2.41. The zero-order chi connectivity index (χ0) is 13.8. The van der Waals surface area contributed by atoms with Crippen LogP contribution in [0.5, 0.6) is 5.75 Å². The third kappa shape index (κ3) is 3.28. The third-order valence-corrected chi connectivity index (χ3v) is 4.15. The first kappa shape index (κ1) is 14.4. The Morgan fingerprint density at radius 2 is 2.16 bits per heavy atom. The van der Waals surface area contributed by atoms with E-state index in [9.17, 15) is 0 Å². The van der Waals surface area contributed by atoms with Crippen molar-refractivity contribution in [3.8, 4) is 5.75 Å². The quantitative estimate of drug-likeness (QED) is 0.906. The van der Waals surface area contributed by atoms with Gasteiger partial charge < -0.3 is 10.5 Å². The Labute approximate surface area is 116 Å². The number of hydrogen-bond acceptors (Lipinski definition) is 3. The fourth-order valence-corrected chi connectivity index (χ4v) is 3.16. The molecule has 1 aliphatic rings. The lowest BCUT2D eigenvalue weighted by Crippen LogP contribution is -2.46. The van der Waals surface area contributed by atoms with Crippen LogP contribution in [0.3, 0.4) is 0 Å². The Hall–Kier alpha value is -1.06. The predicted octanol–water partition coefficient (Wildman–Crippen LogP) is 2.96. The zero-order valence-electron chi connectivity index (χ0n) is 12.3. The summed E-state index contributed by atoms with van der Waals surface area (Å²) >= 11 is 0. The number of methoxy groups -OCH3 is 1. The van der Waals surface area contributed by atoms with Crippen molar-refractivity contribution in [1.29, 1.82) is 0 Å². The molecule has 1 saturated heterocycles. The summed E-state index contributed by atoms with van der Waals surface area (Å²) in [7, 11) is 1.71. The van der Waals surface area contributed by atoms with Gasteiger partial charge in [0.2, 0.25) is 0 Å². The fraction of sp³-hybridized carbons (Fsp3) is 0.625. The number of hydrogen-bond donors (Lipinski definition) is 1. The molecule has 1 aromatic rings. The lowest BCUT2D eigenvalue weighted by atomic mass is 9.93. The molecule has 3 nitrogen and oxygen atoms in total. The maximum absolute atomic E-state index is 6.27. The SMILES string of the molecule is COc1cccc(C(C(C)N)N2CCCCC2C)c1. The standard InChI is InChI=1S/C16H26N2O/c1-12-7-4-5-10-18(12)16(13(2)17)14-8-6-9-15(11-14)19-3/h6,8-9,11-13,16H,4-5,7,10,17H2,1-3H3. The van der Waals surface area contributed by atoms with Crippen LogP contribution in [0.15, 0.2) is 24.3 Å². The summed E-state index contributed by atoms with van der Waals surface area (Å²) in [6, 6.07) is 9.33. The van der Waals surface area contributed by atoms with Crippen LogP contribution in [-0.4, -0.2) is 30.6 Å². The monoisotopic (exact) mass is 262 g/mol. The minimum absolute atomic E-state index is 0.118. The molecule has 0 amide bonds. The molecule has 3 unspecified atom stereocenters. The van der Waals surface area contributed by atoms with E-state index in [2.05, 4.69) is 36.9 Å². The average Bonchev–Trinajstić information content (AvgIpc) is 2.41. The Morgan fingerprint density at radius 3 is 2.79 bits per heavy atom. The van der Waals surface area contributed by atoms with E-state index in [0.717, 1.165) is 12.3 Å². The average molecular weight is 262 g/mol. The molecule has 0 bridgehead atoms.